The molecular weight excluding hydrogens is 999 g/mol. The molecule has 0 bridgehead atoms. The van der Waals surface area contributed by atoms with Gasteiger partial charge in [0, 0.05) is 141 Å². The number of nitrogens with one attached hydrogen (secondary N) is 2. The van der Waals surface area contributed by atoms with E-state index in [1.807, 2.05) is 61.5 Å². The number of aromatic nitrogens is 3. The number of nitrogens with zero attached hydrogens (tertiary/aromatic N) is 5. The van der Waals surface area contributed by atoms with Crippen molar-refractivity contribution in [2.45, 2.75) is 149 Å². The molecule has 2 amide bonds. The van der Waals surface area contributed by atoms with Gasteiger partial charge in [-0.1, -0.05) is 43.9 Å². The third-order valence-electron chi connectivity index (χ3n) is 18.7. The largest absolute Gasteiger partial charge is 0.381 e. The number of allylic oxidation sites excluding steroid dienone is 4. The molecule has 5 atom stereocenters. The average Bonchev–Trinajstić information content (AvgIpc) is 2.67. The molecule has 3 fully saturated rings. The summed E-state index contributed by atoms with van der Waals surface area (Å²) in [5, 5.41) is 16.0. The lowest BCUT2D eigenvalue weighted by molar-refractivity contribution is -0.131. The second kappa shape index (κ2) is 24.1. The van der Waals surface area contributed by atoms with Crippen molar-refractivity contribution in [1.29, 1.82) is 0 Å². The molecule has 0 radical (unpaired) electrons. The summed E-state index contributed by atoms with van der Waals surface area (Å²) in [5.41, 5.74) is 10.9. The number of aryl methyl sites for hydroxylation is 2. The zero-order chi connectivity index (χ0) is 56.3. The minimum absolute atomic E-state index is 0.140. The maximum Gasteiger partial charge on any atom is 0.253 e. The van der Waals surface area contributed by atoms with Crippen LogP contribution in [0.15, 0.2) is 101 Å². The maximum atomic E-state index is 14.0. The van der Waals surface area contributed by atoms with E-state index in [1.165, 1.54) is 28.0 Å². The SMILES string of the molecule is CC#C[C@]1(O)CC[C@H]2[C@@H]3CCC4=CC(=O)CCC4=C3[C@@H](c3ccc(N(C)CCCCOCCCC(=O)N4CCN(c5ccc(-c6cc(C(=O)NCc7c(CCC)cc(C)[nH]c7=O)c7ccn(C(C)C)c7c6)cn5)CC4)cc3)C[C@@]21C. The molecule has 3 N–H and O–H groups in total. The number of hydrogen-bond donors (Lipinski definition) is 3. The summed E-state index contributed by atoms with van der Waals surface area (Å²) in [5.74, 6) is 8.37. The van der Waals surface area contributed by atoms with Crippen molar-refractivity contribution < 1.29 is 24.2 Å². The van der Waals surface area contributed by atoms with Crippen molar-refractivity contribution in [2.75, 3.05) is 62.8 Å². The van der Waals surface area contributed by atoms with E-state index in [0.29, 0.717) is 81.6 Å². The van der Waals surface area contributed by atoms with Crippen LogP contribution in [0.5, 0.6) is 0 Å². The smallest absolute Gasteiger partial charge is 0.253 e. The highest BCUT2D eigenvalue weighted by Gasteiger charge is 2.62. The molecule has 4 heterocycles. The van der Waals surface area contributed by atoms with Crippen LogP contribution in [0.1, 0.15) is 156 Å². The Morgan fingerprint density at radius 2 is 1.75 bits per heavy atom. The highest BCUT2D eigenvalue weighted by Crippen LogP contribution is 2.66. The predicted molar refractivity (Wildman–Crippen MR) is 319 cm³/mol. The molecule has 4 aliphatic carbocycles. The number of aliphatic hydroxyl groups is 1. The minimum atomic E-state index is -0.985. The number of pyridine rings is 2. The first-order valence-electron chi connectivity index (χ1n) is 29.7. The Hall–Kier alpha value is -6.75. The van der Waals surface area contributed by atoms with Gasteiger partial charge in [-0.15, -0.1) is 5.92 Å². The second-order valence-electron chi connectivity index (χ2n) is 24.0. The van der Waals surface area contributed by atoms with Crippen LogP contribution in [0.4, 0.5) is 11.5 Å². The molecule has 0 spiro atoms. The molecule has 1 saturated heterocycles. The standard InChI is InChI=1S/C67H83N7O6/c1-8-13-47-37-45(5)70-65(78)58(47)43-69-64(77)56-39-50(40-60-54(56)26-30-74(60)44(3)4)49-18-24-61(68-42-49)72-31-33-73(34-32-72)62(76)14-12-36-80-35-11-10-29-71(7)51-19-15-46(16-20-51)57-41-66(6)59(25-28-67(66,79)27-9-2)55-22-17-48-38-52(75)21-23-53(48)63(55)57/h15-16,18-20,24,26,30,37-40,42,44,55,57,59,79H,8,10-14,17,21-23,25,28-29,31-36,41,43H2,1-7H3,(H,69,77)(H,70,78)/t55-,57+,59-,66-,67-/m0/s1. The molecule has 10 rings (SSSR count). The van der Waals surface area contributed by atoms with Gasteiger partial charge in [0.25, 0.3) is 11.5 Å². The van der Waals surface area contributed by atoms with E-state index < -0.39 is 5.60 Å². The number of hydrogen-bond acceptors (Lipinski definition) is 9. The quantitative estimate of drug-likeness (QED) is 0.0542. The van der Waals surface area contributed by atoms with Crippen molar-refractivity contribution in [1.82, 2.24) is 24.8 Å². The zero-order valence-electron chi connectivity index (χ0n) is 48.4. The lowest BCUT2D eigenvalue weighted by Crippen LogP contribution is -2.51. The number of rotatable bonds is 19. The Morgan fingerprint density at radius 3 is 2.49 bits per heavy atom. The summed E-state index contributed by atoms with van der Waals surface area (Å²) >= 11 is 0. The van der Waals surface area contributed by atoms with Crippen LogP contribution >= 0.6 is 0 Å². The van der Waals surface area contributed by atoms with Crippen molar-refractivity contribution in [3.63, 3.8) is 0 Å². The number of fused-ring (bicyclic) bond motifs is 5. The molecule has 13 heteroatoms. The van der Waals surface area contributed by atoms with Crippen LogP contribution in [-0.2, 0) is 27.3 Å². The van der Waals surface area contributed by atoms with E-state index in [1.54, 1.807) is 0 Å². The first-order valence-corrected chi connectivity index (χ1v) is 29.7. The van der Waals surface area contributed by atoms with Crippen molar-refractivity contribution >= 4 is 40.0 Å². The van der Waals surface area contributed by atoms with E-state index in [-0.39, 0.29) is 47.1 Å². The molecule has 13 nitrogen and oxygen atoms in total. The van der Waals surface area contributed by atoms with E-state index in [2.05, 4.69) is 108 Å². The van der Waals surface area contributed by atoms with Gasteiger partial charge in [0.05, 0.1) is 0 Å². The van der Waals surface area contributed by atoms with Gasteiger partial charge in [-0.2, -0.15) is 0 Å². The molecule has 422 valence electrons. The Balaban J connectivity index is 0.666. The van der Waals surface area contributed by atoms with Gasteiger partial charge in [0.1, 0.15) is 11.4 Å². The molecule has 80 heavy (non-hydrogen) atoms. The number of benzene rings is 2. The number of anilines is 2. The minimum Gasteiger partial charge on any atom is -0.381 e. The van der Waals surface area contributed by atoms with Crippen molar-refractivity contribution in [3.8, 4) is 23.0 Å². The van der Waals surface area contributed by atoms with Crippen LogP contribution in [0.3, 0.4) is 0 Å². The number of unbranched alkanes of at least 4 members (excludes halogenated alkanes) is 1. The third-order valence-corrected chi connectivity index (χ3v) is 18.7. The Labute approximate surface area is 473 Å². The fraction of sp³-hybridized carbons (Fsp3) is 0.507. The fourth-order valence-electron chi connectivity index (χ4n) is 14.3. The lowest BCUT2D eigenvalue weighted by atomic mass is 9.51. The number of ketones is 1. The number of aromatic amines is 1. The number of H-pyrrole nitrogens is 1. The first-order chi connectivity index (χ1) is 38.6. The van der Waals surface area contributed by atoms with E-state index in [4.69, 9.17) is 9.72 Å². The van der Waals surface area contributed by atoms with Crippen molar-refractivity contribution in [2.24, 2.45) is 17.3 Å². The monoisotopic (exact) mass is 1080 g/mol. The second-order valence-corrected chi connectivity index (χ2v) is 24.0. The van der Waals surface area contributed by atoms with E-state index in [9.17, 15) is 24.3 Å². The average molecular weight is 1080 g/mol. The van der Waals surface area contributed by atoms with Gasteiger partial charge < -0.3 is 39.4 Å². The molecule has 5 aliphatic rings. The first kappa shape index (κ1) is 56.5. The number of carbonyl (C=O) groups is 3. The van der Waals surface area contributed by atoms with Crippen LogP contribution in [0, 0.1) is 36.0 Å². The van der Waals surface area contributed by atoms with Crippen LogP contribution in [0.25, 0.3) is 22.0 Å². The number of carbonyl (C=O) groups excluding carboxylic acids is 3. The zero-order valence-corrected chi connectivity index (χ0v) is 48.4. The Morgan fingerprint density at radius 1 is 0.963 bits per heavy atom. The fourth-order valence-corrected chi connectivity index (χ4v) is 14.3. The molecule has 2 aromatic carbocycles. The van der Waals surface area contributed by atoms with Crippen LogP contribution in [-0.4, -0.2) is 101 Å². The highest BCUT2D eigenvalue weighted by atomic mass is 16.5. The third kappa shape index (κ3) is 11.4. The molecule has 3 aromatic heterocycles. The van der Waals surface area contributed by atoms with Gasteiger partial charge in [0.15, 0.2) is 5.78 Å². The van der Waals surface area contributed by atoms with Gasteiger partial charge in [-0.3, -0.25) is 19.2 Å². The Bertz CT molecular complexity index is 3300. The van der Waals surface area contributed by atoms with E-state index >= 15 is 0 Å². The molecule has 5 aromatic rings. The van der Waals surface area contributed by atoms with Gasteiger partial charge in [0.2, 0.25) is 5.91 Å². The summed E-state index contributed by atoms with van der Waals surface area (Å²) in [6, 6.07) is 21.4. The number of piperazine rings is 1. The topological polar surface area (TPSA) is 153 Å². The summed E-state index contributed by atoms with van der Waals surface area (Å²) in [6.07, 6.45) is 16.5. The normalized spacial score (nSPS) is 22.6. The van der Waals surface area contributed by atoms with Crippen LogP contribution < -0.4 is 20.7 Å². The number of ether oxygens (including phenoxy) is 1. The Kier molecular flexibility index (Phi) is 17.1. The number of amides is 2. The summed E-state index contributed by atoms with van der Waals surface area (Å²) in [7, 11) is 2.15. The maximum absolute atomic E-state index is 14.0. The van der Waals surface area contributed by atoms with Crippen molar-refractivity contribution in [3.05, 3.63) is 134 Å². The molecular formula is C67H83N7O6. The summed E-state index contributed by atoms with van der Waals surface area (Å²) in [4.78, 5) is 67.0. The van der Waals surface area contributed by atoms with E-state index in [0.717, 1.165) is 110 Å². The van der Waals surface area contributed by atoms with Gasteiger partial charge in [-0.25, -0.2) is 4.98 Å². The molecule has 0 unspecified atom stereocenters. The molecule has 2 saturated carbocycles. The van der Waals surface area contributed by atoms with Gasteiger partial charge >= 0.3 is 0 Å². The summed E-state index contributed by atoms with van der Waals surface area (Å²) < 4.78 is 8.19. The molecule has 1 aliphatic heterocycles. The summed E-state index contributed by atoms with van der Waals surface area (Å²) in [6.45, 7) is 17.3. The lowest BCUT2D eigenvalue weighted by Gasteiger charge is -2.53. The predicted octanol–water partition coefficient (Wildman–Crippen LogP) is 11.2. The van der Waals surface area contributed by atoms with Crippen LogP contribution in [0.2, 0.25) is 0 Å². The highest BCUT2D eigenvalue weighted by molar-refractivity contribution is 6.08. The van der Waals surface area contributed by atoms with Gasteiger partial charge in [-0.05, 0) is 186 Å².